The van der Waals surface area contributed by atoms with E-state index in [1.54, 1.807) is 12.1 Å². The first-order chi connectivity index (χ1) is 11.5. The molecule has 1 fully saturated rings. The Kier molecular flexibility index (Phi) is 6.93. The van der Waals surface area contributed by atoms with Crippen molar-refractivity contribution >= 4 is 30.2 Å². The van der Waals surface area contributed by atoms with Gasteiger partial charge in [0.25, 0.3) is 0 Å². The summed E-state index contributed by atoms with van der Waals surface area (Å²) in [4.78, 5) is 25.8. The number of carboxylic acid groups (broad SMARTS) is 1. The normalized spacial score (nSPS) is 16.0. The molecule has 1 heterocycles. The minimum absolute atomic E-state index is 0.0223. The van der Waals surface area contributed by atoms with Crippen LogP contribution in [0.3, 0.4) is 0 Å². The van der Waals surface area contributed by atoms with Gasteiger partial charge in [-0.2, -0.15) is 0 Å². The SMILES string of the molecule is Nc1cc(CC(=O)NCCCN2CCC(C(=O)O)CC2)ccc1S. The summed E-state index contributed by atoms with van der Waals surface area (Å²) in [6, 6.07) is 5.42. The van der Waals surface area contributed by atoms with Crippen LogP contribution in [0.1, 0.15) is 24.8 Å². The average Bonchev–Trinajstić information content (AvgIpc) is 2.55. The summed E-state index contributed by atoms with van der Waals surface area (Å²) in [5.41, 5.74) is 7.23. The lowest BCUT2D eigenvalue weighted by molar-refractivity contribution is -0.143. The second kappa shape index (κ2) is 8.94. The van der Waals surface area contributed by atoms with Crippen molar-refractivity contribution in [3.8, 4) is 0 Å². The largest absolute Gasteiger partial charge is 0.481 e. The molecule has 1 aliphatic rings. The zero-order chi connectivity index (χ0) is 17.5. The zero-order valence-electron chi connectivity index (χ0n) is 13.7. The van der Waals surface area contributed by atoms with Gasteiger partial charge >= 0.3 is 5.97 Å². The highest BCUT2D eigenvalue weighted by molar-refractivity contribution is 7.80. The maximum Gasteiger partial charge on any atom is 0.306 e. The van der Waals surface area contributed by atoms with Gasteiger partial charge in [0.05, 0.1) is 12.3 Å². The summed E-state index contributed by atoms with van der Waals surface area (Å²) >= 11 is 4.21. The number of carboxylic acids is 1. The van der Waals surface area contributed by atoms with E-state index in [-0.39, 0.29) is 11.8 Å². The molecule has 1 saturated heterocycles. The average molecular weight is 351 g/mol. The number of nitrogens with zero attached hydrogens (tertiary/aromatic N) is 1. The number of amides is 1. The maximum atomic E-state index is 11.9. The van der Waals surface area contributed by atoms with Gasteiger partial charge in [-0.25, -0.2) is 0 Å². The summed E-state index contributed by atoms with van der Waals surface area (Å²) in [5.74, 6) is -0.906. The number of carbonyl (C=O) groups is 2. The molecule has 24 heavy (non-hydrogen) atoms. The van der Waals surface area contributed by atoms with Crippen LogP contribution < -0.4 is 11.1 Å². The Labute approximate surface area is 147 Å². The Hall–Kier alpha value is -1.73. The molecule has 0 unspecified atom stereocenters. The van der Waals surface area contributed by atoms with Gasteiger partial charge in [0.15, 0.2) is 0 Å². The predicted molar refractivity (Wildman–Crippen MR) is 96.2 cm³/mol. The summed E-state index contributed by atoms with van der Waals surface area (Å²) in [6.07, 6.45) is 2.60. The number of piperidine rings is 1. The van der Waals surface area contributed by atoms with Crippen LogP contribution in [0.25, 0.3) is 0 Å². The highest BCUT2D eigenvalue weighted by atomic mass is 32.1. The molecule has 0 spiro atoms. The van der Waals surface area contributed by atoms with Crippen LogP contribution in [0.2, 0.25) is 0 Å². The third kappa shape index (κ3) is 5.72. The molecule has 6 nitrogen and oxygen atoms in total. The van der Waals surface area contributed by atoms with Gasteiger partial charge in [0.2, 0.25) is 5.91 Å². The van der Waals surface area contributed by atoms with E-state index in [0.717, 1.165) is 31.6 Å². The van der Waals surface area contributed by atoms with Crippen molar-refractivity contribution in [3.05, 3.63) is 23.8 Å². The fraction of sp³-hybridized carbons (Fsp3) is 0.529. The van der Waals surface area contributed by atoms with Crippen molar-refractivity contribution in [3.63, 3.8) is 0 Å². The Morgan fingerprint density at radius 3 is 2.67 bits per heavy atom. The topological polar surface area (TPSA) is 95.7 Å². The fourth-order valence-electron chi connectivity index (χ4n) is 2.90. The first kappa shape index (κ1) is 18.6. The van der Waals surface area contributed by atoms with Gasteiger partial charge in [-0.05, 0) is 56.6 Å². The second-order valence-electron chi connectivity index (χ2n) is 6.23. The van der Waals surface area contributed by atoms with Crippen molar-refractivity contribution < 1.29 is 14.7 Å². The van der Waals surface area contributed by atoms with Gasteiger partial charge < -0.3 is 21.1 Å². The summed E-state index contributed by atoms with van der Waals surface area (Å²) < 4.78 is 0. The molecular formula is C17H25N3O3S. The number of benzene rings is 1. The van der Waals surface area contributed by atoms with Crippen LogP contribution in [0, 0.1) is 5.92 Å². The smallest absolute Gasteiger partial charge is 0.306 e. The molecule has 0 aliphatic carbocycles. The molecule has 0 bridgehead atoms. The quantitative estimate of drug-likeness (QED) is 0.338. The molecule has 1 aromatic carbocycles. The molecule has 1 amide bonds. The Bertz CT molecular complexity index is 586. The molecule has 4 N–H and O–H groups in total. The highest BCUT2D eigenvalue weighted by Crippen LogP contribution is 2.18. The first-order valence-corrected chi connectivity index (χ1v) is 8.69. The highest BCUT2D eigenvalue weighted by Gasteiger charge is 2.23. The number of nitrogens with two attached hydrogens (primary N) is 1. The number of thiol groups is 1. The van der Waals surface area contributed by atoms with Gasteiger partial charge in [-0.3, -0.25) is 9.59 Å². The van der Waals surface area contributed by atoms with E-state index in [9.17, 15) is 9.59 Å². The molecule has 132 valence electrons. The molecule has 0 atom stereocenters. The molecule has 1 aromatic rings. The van der Waals surface area contributed by atoms with Crippen LogP contribution in [0.15, 0.2) is 23.1 Å². The lowest BCUT2D eigenvalue weighted by Gasteiger charge is -2.29. The number of rotatable bonds is 7. The van der Waals surface area contributed by atoms with E-state index in [1.807, 2.05) is 6.07 Å². The number of hydrogen-bond donors (Lipinski definition) is 4. The van der Waals surface area contributed by atoms with Crippen molar-refractivity contribution in [1.29, 1.82) is 0 Å². The summed E-state index contributed by atoms with van der Waals surface area (Å²) in [6.45, 7) is 3.15. The molecule has 0 saturated carbocycles. The van der Waals surface area contributed by atoms with E-state index in [2.05, 4.69) is 22.8 Å². The third-order valence-corrected chi connectivity index (χ3v) is 4.77. The Balaban J connectivity index is 1.61. The first-order valence-electron chi connectivity index (χ1n) is 8.25. The van der Waals surface area contributed by atoms with Crippen LogP contribution >= 0.6 is 12.6 Å². The maximum absolute atomic E-state index is 11.9. The van der Waals surface area contributed by atoms with E-state index in [1.165, 1.54) is 0 Å². The molecular weight excluding hydrogens is 326 g/mol. The van der Waals surface area contributed by atoms with Crippen molar-refractivity contribution in [2.24, 2.45) is 5.92 Å². The van der Waals surface area contributed by atoms with Crippen LogP contribution in [-0.2, 0) is 16.0 Å². The summed E-state index contributed by atoms with van der Waals surface area (Å²) in [5, 5.41) is 11.9. The van der Waals surface area contributed by atoms with Gasteiger partial charge in [0, 0.05) is 17.1 Å². The second-order valence-corrected chi connectivity index (χ2v) is 6.71. The van der Waals surface area contributed by atoms with E-state index < -0.39 is 5.97 Å². The summed E-state index contributed by atoms with van der Waals surface area (Å²) in [7, 11) is 0. The minimum Gasteiger partial charge on any atom is -0.481 e. The standard InChI is InChI=1S/C17H25N3O3S/c18-14-10-12(2-3-15(14)24)11-16(21)19-6-1-7-20-8-4-13(5-9-20)17(22)23/h2-3,10,13,24H,1,4-9,11,18H2,(H,19,21)(H,22,23). The number of anilines is 1. The van der Waals surface area contributed by atoms with Crippen molar-refractivity contribution in [1.82, 2.24) is 10.2 Å². The van der Waals surface area contributed by atoms with E-state index in [0.29, 0.717) is 36.4 Å². The van der Waals surface area contributed by atoms with Crippen LogP contribution in [0.5, 0.6) is 0 Å². The van der Waals surface area contributed by atoms with E-state index >= 15 is 0 Å². The predicted octanol–water partition coefficient (Wildman–Crippen LogP) is 1.40. The van der Waals surface area contributed by atoms with Gasteiger partial charge in [-0.1, -0.05) is 6.07 Å². The number of nitrogen functional groups attached to an aromatic ring is 1. The zero-order valence-corrected chi connectivity index (χ0v) is 14.6. The number of carbonyl (C=O) groups excluding carboxylic acids is 1. The third-order valence-electron chi connectivity index (χ3n) is 4.37. The number of hydrogen-bond acceptors (Lipinski definition) is 5. The molecule has 0 aromatic heterocycles. The van der Waals surface area contributed by atoms with Crippen LogP contribution in [-0.4, -0.2) is 48.1 Å². The molecule has 7 heteroatoms. The number of aliphatic carboxylic acids is 1. The van der Waals surface area contributed by atoms with Gasteiger partial charge in [-0.15, -0.1) is 12.6 Å². The Morgan fingerprint density at radius 1 is 1.33 bits per heavy atom. The van der Waals surface area contributed by atoms with Crippen molar-refractivity contribution in [2.45, 2.75) is 30.6 Å². The minimum atomic E-state index is -0.687. The molecule has 2 rings (SSSR count). The lowest BCUT2D eigenvalue weighted by Crippen LogP contribution is -2.38. The van der Waals surface area contributed by atoms with Crippen molar-refractivity contribution in [2.75, 3.05) is 31.9 Å². The fourth-order valence-corrected chi connectivity index (χ4v) is 3.03. The monoisotopic (exact) mass is 351 g/mol. The number of nitrogens with one attached hydrogen (secondary N) is 1. The van der Waals surface area contributed by atoms with E-state index in [4.69, 9.17) is 10.8 Å². The molecule has 0 radical (unpaired) electrons. The van der Waals surface area contributed by atoms with Gasteiger partial charge in [0.1, 0.15) is 0 Å². The number of likely N-dealkylation sites (tertiary alicyclic amines) is 1. The molecule has 1 aliphatic heterocycles. The Morgan fingerprint density at radius 2 is 2.04 bits per heavy atom. The lowest BCUT2D eigenvalue weighted by atomic mass is 9.97. The van der Waals surface area contributed by atoms with Crippen LogP contribution in [0.4, 0.5) is 5.69 Å².